The highest BCUT2D eigenvalue weighted by Gasteiger charge is 2.55. The van der Waals surface area contributed by atoms with E-state index in [1.807, 2.05) is 0 Å². The van der Waals surface area contributed by atoms with E-state index in [-0.39, 0.29) is 10.6 Å². The Morgan fingerprint density at radius 3 is 2.25 bits per heavy atom. The number of hydrogen-bond donors (Lipinski definition) is 4. The summed E-state index contributed by atoms with van der Waals surface area (Å²) in [5.74, 6) is -2.73. The zero-order valence-corrected chi connectivity index (χ0v) is 8.82. The molecular weight excluding hydrogens is 236 g/mol. The summed E-state index contributed by atoms with van der Waals surface area (Å²) < 4.78 is 0. The number of aromatic hydroxyl groups is 3. The quantitative estimate of drug-likeness (QED) is 0.468. The van der Waals surface area contributed by atoms with Crippen molar-refractivity contribution in [3.05, 3.63) is 16.7 Å². The van der Waals surface area contributed by atoms with Crippen molar-refractivity contribution in [1.29, 1.82) is 0 Å². The molecule has 1 fully saturated rings. The van der Waals surface area contributed by atoms with Gasteiger partial charge in [0.1, 0.15) is 5.75 Å². The minimum Gasteiger partial charge on any atom is -0.506 e. The zero-order chi connectivity index (χ0) is 12.1. The predicted molar refractivity (Wildman–Crippen MR) is 55.0 cm³/mol. The molecule has 0 saturated heterocycles. The van der Waals surface area contributed by atoms with E-state index in [0.717, 1.165) is 6.07 Å². The molecule has 1 aliphatic carbocycles. The van der Waals surface area contributed by atoms with Gasteiger partial charge < -0.3 is 20.4 Å². The van der Waals surface area contributed by atoms with Crippen LogP contribution in [0.5, 0.6) is 17.2 Å². The van der Waals surface area contributed by atoms with Gasteiger partial charge in [-0.1, -0.05) is 11.6 Å². The van der Waals surface area contributed by atoms with Crippen LogP contribution in [0.1, 0.15) is 18.4 Å². The van der Waals surface area contributed by atoms with Crippen molar-refractivity contribution in [1.82, 2.24) is 0 Å². The van der Waals surface area contributed by atoms with Crippen LogP contribution in [-0.2, 0) is 10.2 Å². The fraction of sp³-hybridized carbons (Fsp3) is 0.300. The van der Waals surface area contributed by atoms with Crippen molar-refractivity contribution in [3.63, 3.8) is 0 Å². The number of carbonyl (C=O) groups is 1. The molecule has 0 aromatic heterocycles. The molecular formula is C10H9ClO5. The molecule has 4 N–H and O–H groups in total. The normalized spacial score (nSPS) is 17.1. The lowest BCUT2D eigenvalue weighted by molar-refractivity contribution is -0.140. The first-order valence-corrected chi connectivity index (χ1v) is 4.95. The van der Waals surface area contributed by atoms with Gasteiger partial charge in [-0.25, -0.2) is 0 Å². The van der Waals surface area contributed by atoms with E-state index < -0.39 is 28.6 Å². The van der Waals surface area contributed by atoms with E-state index in [9.17, 15) is 20.1 Å². The van der Waals surface area contributed by atoms with Gasteiger partial charge in [-0.05, 0) is 12.8 Å². The summed E-state index contributed by atoms with van der Waals surface area (Å²) in [6.45, 7) is 0. The van der Waals surface area contributed by atoms with Crippen molar-refractivity contribution in [3.8, 4) is 17.2 Å². The number of rotatable bonds is 2. The van der Waals surface area contributed by atoms with Crippen LogP contribution >= 0.6 is 11.6 Å². The molecule has 0 spiro atoms. The van der Waals surface area contributed by atoms with Crippen LogP contribution < -0.4 is 0 Å². The molecule has 1 aliphatic rings. The van der Waals surface area contributed by atoms with Crippen LogP contribution in [0.25, 0.3) is 0 Å². The number of aliphatic carboxylic acids is 1. The minimum absolute atomic E-state index is 0.112. The molecule has 1 saturated carbocycles. The molecule has 0 atom stereocenters. The molecule has 1 aromatic rings. The Labute approximate surface area is 95.5 Å². The second-order valence-corrected chi connectivity index (χ2v) is 4.22. The van der Waals surface area contributed by atoms with Gasteiger partial charge in [-0.15, -0.1) is 0 Å². The Morgan fingerprint density at radius 2 is 1.81 bits per heavy atom. The lowest BCUT2D eigenvalue weighted by Gasteiger charge is -2.15. The van der Waals surface area contributed by atoms with Crippen molar-refractivity contribution >= 4 is 17.6 Å². The zero-order valence-electron chi connectivity index (χ0n) is 8.07. The molecule has 2 rings (SSSR count). The highest BCUT2D eigenvalue weighted by molar-refractivity contribution is 6.33. The molecule has 0 amide bonds. The third-order valence-corrected chi connectivity index (χ3v) is 3.22. The maximum Gasteiger partial charge on any atom is 0.314 e. The summed E-state index contributed by atoms with van der Waals surface area (Å²) in [5, 5.41) is 37.1. The summed E-state index contributed by atoms with van der Waals surface area (Å²) in [7, 11) is 0. The van der Waals surface area contributed by atoms with Crippen LogP contribution in [0.15, 0.2) is 6.07 Å². The van der Waals surface area contributed by atoms with Crippen LogP contribution in [0.4, 0.5) is 0 Å². The van der Waals surface area contributed by atoms with E-state index in [2.05, 4.69) is 0 Å². The Balaban J connectivity index is 2.70. The first-order valence-electron chi connectivity index (χ1n) is 4.57. The maximum absolute atomic E-state index is 11.1. The van der Waals surface area contributed by atoms with E-state index >= 15 is 0 Å². The fourth-order valence-corrected chi connectivity index (χ4v) is 2.08. The summed E-state index contributed by atoms with van der Waals surface area (Å²) in [5.41, 5.74) is -1.39. The van der Waals surface area contributed by atoms with E-state index in [0.29, 0.717) is 12.8 Å². The smallest absolute Gasteiger partial charge is 0.314 e. The molecule has 0 radical (unpaired) electrons. The van der Waals surface area contributed by atoms with Gasteiger partial charge in [0, 0.05) is 11.6 Å². The summed E-state index contributed by atoms with van der Waals surface area (Å²) in [6, 6.07) is 0.874. The Kier molecular flexibility index (Phi) is 2.17. The average molecular weight is 245 g/mol. The largest absolute Gasteiger partial charge is 0.506 e. The Morgan fingerprint density at radius 1 is 1.25 bits per heavy atom. The van der Waals surface area contributed by atoms with Gasteiger partial charge >= 0.3 is 5.97 Å². The Hall–Kier alpha value is -1.62. The maximum atomic E-state index is 11.1. The highest BCUT2D eigenvalue weighted by atomic mass is 35.5. The van der Waals surface area contributed by atoms with E-state index in [4.69, 9.17) is 16.7 Å². The average Bonchev–Trinajstić information content (AvgIpc) is 2.97. The van der Waals surface area contributed by atoms with Gasteiger partial charge in [0.25, 0.3) is 0 Å². The molecule has 16 heavy (non-hydrogen) atoms. The van der Waals surface area contributed by atoms with Crippen molar-refractivity contribution in [2.24, 2.45) is 0 Å². The van der Waals surface area contributed by atoms with Crippen LogP contribution in [0, 0.1) is 0 Å². The summed E-state index contributed by atoms with van der Waals surface area (Å²) >= 11 is 5.75. The van der Waals surface area contributed by atoms with Crippen molar-refractivity contribution in [2.75, 3.05) is 0 Å². The second kappa shape index (κ2) is 3.18. The number of carboxylic acid groups (broad SMARTS) is 1. The van der Waals surface area contributed by atoms with Gasteiger partial charge in [0.2, 0.25) is 0 Å². The van der Waals surface area contributed by atoms with Gasteiger partial charge in [-0.3, -0.25) is 4.79 Å². The molecule has 0 aliphatic heterocycles. The monoisotopic (exact) mass is 244 g/mol. The van der Waals surface area contributed by atoms with Gasteiger partial charge in [-0.2, -0.15) is 0 Å². The molecule has 0 unspecified atom stereocenters. The van der Waals surface area contributed by atoms with E-state index in [1.54, 1.807) is 0 Å². The van der Waals surface area contributed by atoms with Crippen molar-refractivity contribution in [2.45, 2.75) is 18.3 Å². The fourth-order valence-electron chi connectivity index (χ4n) is 1.75. The van der Waals surface area contributed by atoms with Crippen LogP contribution in [0.3, 0.4) is 0 Å². The standard InChI is InChI=1S/C10H9ClO5/c11-7-4(12)3-5(13)8(14)6(7)10(1-2-10)9(15)16/h3,12-14H,1-2H2,(H,15,16). The summed E-state index contributed by atoms with van der Waals surface area (Å²) in [4.78, 5) is 11.1. The molecule has 86 valence electrons. The second-order valence-electron chi connectivity index (χ2n) is 3.84. The van der Waals surface area contributed by atoms with E-state index in [1.165, 1.54) is 0 Å². The first-order chi connectivity index (χ1) is 7.40. The number of phenols is 3. The van der Waals surface area contributed by atoms with Crippen molar-refractivity contribution < 1.29 is 25.2 Å². The topological polar surface area (TPSA) is 98.0 Å². The lowest BCUT2D eigenvalue weighted by atomic mass is 9.94. The third-order valence-electron chi connectivity index (χ3n) is 2.84. The molecule has 6 heteroatoms. The van der Waals surface area contributed by atoms with Gasteiger partial charge in [0.05, 0.1) is 10.4 Å². The predicted octanol–water partition coefficient (Wildman–Crippen LogP) is 1.57. The third kappa shape index (κ3) is 1.28. The molecule has 1 aromatic carbocycles. The SMILES string of the molecule is O=C(O)C1(c2c(O)c(O)cc(O)c2Cl)CC1. The highest BCUT2D eigenvalue weighted by Crippen LogP contribution is 2.57. The van der Waals surface area contributed by atoms with Crippen LogP contribution in [-0.4, -0.2) is 26.4 Å². The van der Waals surface area contributed by atoms with Crippen LogP contribution in [0.2, 0.25) is 5.02 Å². The number of hydrogen-bond acceptors (Lipinski definition) is 4. The number of carboxylic acids is 1. The Bertz CT molecular complexity index is 452. The molecule has 0 heterocycles. The summed E-state index contributed by atoms with van der Waals surface area (Å²) in [6.07, 6.45) is 0.636. The first kappa shape index (κ1) is 10.9. The number of benzene rings is 1. The number of phenolic OH excluding ortho intramolecular Hbond substituents is 3. The minimum atomic E-state index is -1.28. The lowest BCUT2D eigenvalue weighted by Crippen LogP contribution is -2.20. The molecule has 0 bridgehead atoms. The number of halogens is 1. The van der Waals surface area contributed by atoms with Gasteiger partial charge in [0.15, 0.2) is 11.5 Å². The molecule has 5 nitrogen and oxygen atoms in total.